The summed E-state index contributed by atoms with van der Waals surface area (Å²) in [6.07, 6.45) is -3.73. The third kappa shape index (κ3) is 7.06. The summed E-state index contributed by atoms with van der Waals surface area (Å²) in [4.78, 5) is 6.14. The summed E-state index contributed by atoms with van der Waals surface area (Å²) in [5.74, 6) is 0.966. The van der Waals surface area contributed by atoms with Crippen molar-refractivity contribution >= 4 is 29.9 Å². The van der Waals surface area contributed by atoms with Crippen molar-refractivity contribution in [3.05, 3.63) is 59.5 Å². The van der Waals surface area contributed by atoms with E-state index in [1.807, 2.05) is 6.92 Å². The highest BCUT2D eigenvalue weighted by molar-refractivity contribution is 14.0. The van der Waals surface area contributed by atoms with E-state index in [0.29, 0.717) is 24.8 Å². The first kappa shape index (κ1) is 23.3. The Morgan fingerprint density at radius 3 is 2.44 bits per heavy atom. The van der Waals surface area contributed by atoms with Gasteiger partial charge < -0.3 is 19.7 Å². The minimum absolute atomic E-state index is 0. The predicted octanol–water partition coefficient (Wildman–Crippen LogP) is 4.05. The maximum Gasteiger partial charge on any atom is 0.416 e. The summed E-state index contributed by atoms with van der Waals surface area (Å²) in [5, 5.41) is 13.1. The smallest absolute Gasteiger partial charge is 0.416 e. The topological polar surface area (TPSA) is 61.0 Å². The number of hydrogen-bond donors (Lipinski definition) is 2. The third-order valence-electron chi connectivity index (χ3n) is 3.68. The van der Waals surface area contributed by atoms with E-state index < -0.39 is 17.8 Å². The molecule has 0 saturated heterocycles. The van der Waals surface area contributed by atoms with Crippen molar-refractivity contribution in [3.63, 3.8) is 0 Å². The van der Waals surface area contributed by atoms with Crippen molar-refractivity contribution in [2.45, 2.75) is 25.7 Å². The Hall–Kier alpha value is -1.75. The normalized spacial score (nSPS) is 13.0. The second-order valence-corrected chi connectivity index (χ2v) is 5.78. The average molecular weight is 497 g/mol. The van der Waals surface area contributed by atoms with Gasteiger partial charge in [-0.1, -0.05) is 12.1 Å². The standard InChI is InChI=1S/C18H22F3N3O2.HI/c1-3-22-17(23-11-15(25)16-5-4-10-26-16)24(2)12-13-6-8-14(9-7-13)18(19,20)21;/h4-10,15,25H,3,11-12H2,1-2H3,(H,22,23);1H. The largest absolute Gasteiger partial charge is 0.467 e. The van der Waals surface area contributed by atoms with Crippen LogP contribution in [0.4, 0.5) is 13.2 Å². The fourth-order valence-electron chi connectivity index (χ4n) is 2.36. The van der Waals surface area contributed by atoms with Gasteiger partial charge in [0.25, 0.3) is 0 Å². The highest BCUT2D eigenvalue weighted by Crippen LogP contribution is 2.29. The number of nitrogens with zero attached hydrogens (tertiary/aromatic N) is 2. The maximum absolute atomic E-state index is 12.6. The Kier molecular flexibility index (Phi) is 9.10. The number of halogens is 4. The molecule has 0 fully saturated rings. The molecule has 1 heterocycles. The number of furan rings is 1. The van der Waals surface area contributed by atoms with Gasteiger partial charge in [-0.3, -0.25) is 0 Å². The molecule has 1 atom stereocenters. The van der Waals surface area contributed by atoms with Gasteiger partial charge in [-0.2, -0.15) is 13.2 Å². The highest BCUT2D eigenvalue weighted by Gasteiger charge is 2.29. The molecule has 1 aromatic heterocycles. The molecule has 2 N–H and O–H groups in total. The molecule has 2 aromatic rings. The van der Waals surface area contributed by atoms with Crippen LogP contribution in [0.3, 0.4) is 0 Å². The van der Waals surface area contributed by atoms with Gasteiger partial charge in [-0.05, 0) is 36.8 Å². The molecule has 1 aromatic carbocycles. The quantitative estimate of drug-likeness (QED) is 0.360. The molecule has 0 aliphatic rings. The Morgan fingerprint density at radius 2 is 1.93 bits per heavy atom. The van der Waals surface area contributed by atoms with Crippen molar-refractivity contribution in [2.75, 3.05) is 20.1 Å². The van der Waals surface area contributed by atoms with Crippen molar-refractivity contribution in [3.8, 4) is 0 Å². The second-order valence-electron chi connectivity index (χ2n) is 5.78. The molecule has 1 unspecified atom stereocenters. The molecule has 0 saturated carbocycles. The van der Waals surface area contributed by atoms with Gasteiger partial charge in [0.1, 0.15) is 11.9 Å². The number of rotatable bonds is 6. The van der Waals surface area contributed by atoms with Crippen LogP contribution < -0.4 is 5.32 Å². The van der Waals surface area contributed by atoms with E-state index in [9.17, 15) is 18.3 Å². The van der Waals surface area contributed by atoms with Crippen molar-refractivity contribution < 1.29 is 22.7 Å². The highest BCUT2D eigenvalue weighted by atomic mass is 127. The van der Waals surface area contributed by atoms with E-state index in [4.69, 9.17) is 4.42 Å². The summed E-state index contributed by atoms with van der Waals surface area (Å²) in [7, 11) is 1.78. The maximum atomic E-state index is 12.6. The lowest BCUT2D eigenvalue weighted by Gasteiger charge is -2.22. The lowest BCUT2D eigenvalue weighted by Crippen LogP contribution is -2.38. The summed E-state index contributed by atoms with van der Waals surface area (Å²) >= 11 is 0. The van der Waals surface area contributed by atoms with E-state index in [1.54, 1.807) is 24.1 Å². The predicted molar refractivity (Wildman–Crippen MR) is 108 cm³/mol. The van der Waals surface area contributed by atoms with Crippen LogP contribution in [0.5, 0.6) is 0 Å². The zero-order chi connectivity index (χ0) is 19.2. The summed E-state index contributed by atoms with van der Waals surface area (Å²) in [6, 6.07) is 8.37. The van der Waals surface area contributed by atoms with Gasteiger partial charge in [0.15, 0.2) is 5.96 Å². The lowest BCUT2D eigenvalue weighted by atomic mass is 10.1. The number of alkyl halides is 3. The van der Waals surface area contributed by atoms with Crippen LogP contribution in [-0.4, -0.2) is 36.1 Å². The van der Waals surface area contributed by atoms with Gasteiger partial charge >= 0.3 is 6.18 Å². The molecule has 0 bridgehead atoms. The van der Waals surface area contributed by atoms with E-state index in [1.165, 1.54) is 18.4 Å². The van der Waals surface area contributed by atoms with E-state index in [0.717, 1.165) is 17.7 Å². The Bertz CT molecular complexity index is 704. The average Bonchev–Trinajstić information content (AvgIpc) is 3.12. The third-order valence-corrected chi connectivity index (χ3v) is 3.68. The van der Waals surface area contributed by atoms with Crippen LogP contribution in [0.2, 0.25) is 0 Å². The molecule has 2 rings (SSSR count). The van der Waals surface area contributed by atoms with Crippen LogP contribution in [0.25, 0.3) is 0 Å². The number of benzene rings is 1. The van der Waals surface area contributed by atoms with E-state index in [-0.39, 0.29) is 30.5 Å². The van der Waals surface area contributed by atoms with Gasteiger partial charge in [0.2, 0.25) is 0 Å². The summed E-state index contributed by atoms with van der Waals surface area (Å²) in [5.41, 5.74) is 0.0451. The molecule has 0 amide bonds. The molecule has 0 aliphatic carbocycles. The fraction of sp³-hybridized carbons (Fsp3) is 0.389. The van der Waals surface area contributed by atoms with E-state index >= 15 is 0 Å². The summed E-state index contributed by atoms with van der Waals surface area (Å²) in [6.45, 7) is 3.01. The van der Waals surface area contributed by atoms with Crippen molar-refractivity contribution in [1.82, 2.24) is 10.2 Å². The van der Waals surface area contributed by atoms with Crippen LogP contribution in [0.15, 0.2) is 52.1 Å². The molecule has 150 valence electrons. The second kappa shape index (κ2) is 10.5. The van der Waals surface area contributed by atoms with E-state index in [2.05, 4.69) is 10.3 Å². The zero-order valence-electron chi connectivity index (χ0n) is 15.0. The zero-order valence-corrected chi connectivity index (χ0v) is 17.4. The molecule has 27 heavy (non-hydrogen) atoms. The van der Waals surface area contributed by atoms with Crippen molar-refractivity contribution in [2.24, 2.45) is 4.99 Å². The summed E-state index contributed by atoms with van der Waals surface area (Å²) < 4.78 is 43.0. The van der Waals surface area contributed by atoms with Crippen LogP contribution in [0.1, 0.15) is 29.9 Å². The Balaban J connectivity index is 0.00000364. The first-order valence-electron chi connectivity index (χ1n) is 8.18. The minimum atomic E-state index is -4.34. The van der Waals surface area contributed by atoms with Crippen LogP contribution >= 0.6 is 24.0 Å². The number of nitrogens with one attached hydrogen (secondary N) is 1. The van der Waals surface area contributed by atoms with Gasteiger partial charge in [-0.25, -0.2) is 4.99 Å². The molecule has 0 aliphatic heterocycles. The van der Waals surface area contributed by atoms with Crippen LogP contribution in [-0.2, 0) is 12.7 Å². The van der Waals surface area contributed by atoms with Gasteiger partial charge in [0.05, 0.1) is 18.4 Å². The van der Waals surface area contributed by atoms with Gasteiger partial charge in [0, 0.05) is 20.1 Å². The molecule has 0 radical (unpaired) electrons. The molecule has 9 heteroatoms. The fourth-order valence-corrected chi connectivity index (χ4v) is 2.36. The Morgan fingerprint density at radius 1 is 1.26 bits per heavy atom. The molecule has 5 nitrogen and oxygen atoms in total. The number of guanidine groups is 1. The SMILES string of the molecule is CCNC(=NCC(O)c1ccco1)N(C)Cc1ccc(C(F)(F)F)cc1.I. The van der Waals surface area contributed by atoms with Crippen LogP contribution in [0, 0.1) is 0 Å². The number of aliphatic imine (C=N–C) groups is 1. The molecule has 0 spiro atoms. The van der Waals surface area contributed by atoms with Gasteiger partial charge in [-0.15, -0.1) is 24.0 Å². The number of aliphatic hydroxyl groups excluding tert-OH is 1. The number of hydrogen-bond acceptors (Lipinski definition) is 3. The van der Waals surface area contributed by atoms with Crippen molar-refractivity contribution in [1.29, 1.82) is 0 Å². The monoisotopic (exact) mass is 497 g/mol. The molecular formula is C18H23F3IN3O2. The number of aliphatic hydroxyl groups is 1. The lowest BCUT2D eigenvalue weighted by molar-refractivity contribution is -0.137. The molecular weight excluding hydrogens is 474 g/mol. The minimum Gasteiger partial charge on any atom is -0.467 e. The first-order chi connectivity index (χ1) is 12.3. The first-order valence-corrected chi connectivity index (χ1v) is 8.18. The Labute approximate surface area is 173 Å².